The van der Waals surface area contributed by atoms with Crippen LogP contribution in [-0.2, 0) is 0 Å². The predicted molar refractivity (Wildman–Crippen MR) is 86.6 cm³/mol. The predicted octanol–water partition coefficient (Wildman–Crippen LogP) is 4.03. The third-order valence-electron chi connectivity index (χ3n) is 3.46. The molecule has 3 aromatic rings. The summed E-state index contributed by atoms with van der Waals surface area (Å²) in [5, 5.41) is 15.8. The molecule has 1 atom stereocenters. The molecule has 1 aromatic heterocycles. The Morgan fingerprint density at radius 2 is 1.81 bits per heavy atom. The molecule has 1 unspecified atom stereocenters. The van der Waals surface area contributed by atoms with Crippen molar-refractivity contribution in [2.45, 2.75) is 6.04 Å². The zero-order valence-electron chi connectivity index (χ0n) is 11.3. The number of benzene rings is 2. The highest BCUT2D eigenvalue weighted by Gasteiger charge is 2.14. The number of aliphatic hydroxyl groups excluding tert-OH is 1. The number of aliphatic hydroxyl groups is 1. The molecular weight excluding hydrogens is 284 g/mol. The zero-order chi connectivity index (χ0) is 14.7. The van der Waals surface area contributed by atoms with Crippen molar-refractivity contribution in [1.82, 2.24) is 4.98 Å². The van der Waals surface area contributed by atoms with Crippen LogP contribution in [0.1, 0.15) is 11.6 Å². The molecule has 0 spiro atoms. The van der Waals surface area contributed by atoms with E-state index in [0.29, 0.717) is 5.02 Å². The topological polar surface area (TPSA) is 45.1 Å². The van der Waals surface area contributed by atoms with Gasteiger partial charge in [-0.05, 0) is 17.5 Å². The number of nitrogens with one attached hydrogen (secondary N) is 1. The minimum absolute atomic E-state index is 0.0408. The molecule has 1 heterocycles. The number of pyridine rings is 1. The molecule has 21 heavy (non-hydrogen) atoms. The zero-order valence-corrected chi connectivity index (χ0v) is 12.1. The van der Waals surface area contributed by atoms with E-state index in [-0.39, 0.29) is 12.6 Å². The summed E-state index contributed by atoms with van der Waals surface area (Å²) >= 11 is 6.17. The number of fused-ring (bicyclic) bond motifs is 1. The summed E-state index contributed by atoms with van der Waals surface area (Å²) in [6.45, 7) is -0.0408. The van der Waals surface area contributed by atoms with Crippen LogP contribution < -0.4 is 5.32 Å². The molecule has 4 heteroatoms. The molecule has 2 N–H and O–H groups in total. The number of halogens is 1. The van der Waals surface area contributed by atoms with E-state index in [2.05, 4.69) is 10.3 Å². The summed E-state index contributed by atoms with van der Waals surface area (Å²) in [5.41, 5.74) is 1.75. The Hall–Kier alpha value is -2.10. The molecule has 0 aliphatic rings. The summed E-state index contributed by atoms with van der Waals surface area (Å²) < 4.78 is 0. The lowest BCUT2D eigenvalue weighted by Gasteiger charge is -2.20. The van der Waals surface area contributed by atoms with Gasteiger partial charge in [-0.15, -0.1) is 0 Å². The Labute approximate surface area is 128 Å². The lowest BCUT2D eigenvalue weighted by molar-refractivity contribution is 0.277. The minimum Gasteiger partial charge on any atom is -0.394 e. The van der Waals surface area contributed by atoms with Crippen molar-refractivity contribution in [3.63, 3.8) is 0 Å². The number of anilines is 1. The van der Waals surface area contributed by atoms with Crippen LogP contribution >= 0.6 is 11.6 Å². The smallest absolute Gasteiger partial charge is 0.0766 e. The summed E-state index contributed by atoms with van der Waals surface area (Å²) in [6, 6.07) is 15.2. The van der Waals surface area contributed by atoms with Crippen molar-refractivity contribution < 1.29 is 5.11 Å². The Morgan fingerprint density at radius 3 is 2.62 bits per heavy atom. The van der Waals surface area contributed by atoms with Crippen molar-refractivity contribution in [1.29, 1.82) is 0 Å². The fraction of sp³-hybridized carbons (Fsp3) is 0.118. The maximum absolute atomic E-state index is 9.76. The maximum atomic E-state index is 9.76. The SMILES string of the molecule is OCC(Nc1ccccc1Cl)c1cncc2ccccc12. The number of aromatic nitrogens is 1. The molecule has 0 saturated heterocycles. The average molecular weight is 299 g/mol. The Morgan fingerprint density at radius 1 is 1.05 bits per heavy atom. The third kappa shape index (κ3) is 2.84. The summed E-state index contributed by atoms with van der Waals surface area (Å²) in [6.07, 6.45) is 3.61. The van der Waals surface area contributed by atoms with Crippen LogP contribution in [-0.4, -0.2) is 16.7 Å². The van der Waals surface area contributed by atoms with Crippen LogP contribution in [0.25, 0.3) is 10.8 Å². The molecule has 3 nitrogen and oxygen atoms in total. The maximum Gasteiger partial charge on any atom is 0.0766 e. The summed E-state index contributed by atoms with van der Waals surface area (Å²) in [4.78, 5) is 4.26. The van der Waals surface area contributed by atoms with E-state index in [0.717, 1.165) is 22.0 Å². The van der Waals surface area contributed by atoms with E-state index in [1.165, 1.54) is 0 Å². The van der Waals surface area contributed by atoms with E-state index in [9.17, 15) is 5.11 Å². The molecule has 0 fully saturated rings. The van der Waals surface area contributed by atoms with E-state index in [1.54, 1.807) is 6.20 Å². The van der Waals surface area contributed by atoms with Crippen LogP contribution in [0.2, 0.25) is 5.02 Å². The Balaban J connectivity index is 2.01. The highest BCUT2D eigenvalue weighted by molar-refractivity contribution is 6.33. The van der Waals surface area contributed by atoms with Gasteiger partial charge < -0.3 is 10.4 Å². The molecule has 0 aliphatic heterocycles. The van der Waals surface area contributed by atoms with Crippen LogP contribution in [0.3, 0.4) is 0 Å². The van der Waals surface area contributed by atoms with Gasteiger partial charge in [0.25, 0.3) is 0 Å². The quantitative estimate of drug-likeness (QED) is 0.764. The molecule has 3 rings (SSSR count). The number of para-hydroxylation sites is 1. The molecule has 0 bridgehead atoms. The van der Waals surface area contributed by atoms with Gasteiger partial charge in [0.05, 0.1) is 23.4 Å². The summed E-state index contributed by atoms with van der Waals surface area (Å²) in [7, 11) is 0. The Kier molecular flexibility index (Phi) is 4.04. The number of nitrogens with zero attached hydrogens (tertiary/aromatic N) is 1. The monoisotopic (exact) mass is 298 g/mol. The van der Waals surface area contributed by atoms with E-state index >= 15 is 0 Å². The fourth-order valence-corrected chi connectivity index (χ4v) is 2.60. The lowest BCUT2D eigenvalue weighted by atomic mass is 10.0. The van der Waals surface area contributed by atoms with Gasteiger partial charge in [0.15, 0.2) is 0 Å². The minimum atomic E-state index is -0.261. The third-order valence-corrected chi connectivity index (χ3v) is 3.79. The van der Waals surface area contributed by atoms with Crippen LogP contribution in [0, 0.1) is 0 Å². The number of hydrogen-bond donors (Lipinski definition) is 2. The van der Waals surface area contributed by atoms with Gasteiger partial charge in [-0.1, -0.05) is 48.0 Å². The Bertz CT molecular complexity index is 755. The van der Waals surface area contributed by atoms with E-state index < -0.39 is 0 Å². The standard InChI is InChI=1S/C17H15ClN2O/c18-15-7-3-4-8-16(15)20-17(11-21)14-10-19-9-12-5-1-2-6-13(12)14/h1-10,17,20-21H,11H2. The molecule has 0 radical (unpaired) electrons. The highest BCUT2D eigenvalue weighted by atomic mass is 35.5. The van der Waals surface area contributed by atoms with Gasteiger partial charge in [-0.2, -0.15) is 0 Å². The van der Waals surface area contributed by atoms with Crippen LogP contribution in [0.15, 0.2) is 60.9 Å². The summed E-state index contributed by atoms with van der Waals surface area (Å²) in [5.74, 6) is 0. The van der Waals surface area contributed by atoms with Gasteiger partial charge in [0.2, 0.25) is 0 Å². The first kappa shape index (κ1) is 13.9. The largest absolute Gasteiger partial charge is 0.394 e. The first-order valence-corrected chi connectivity index (χ1v) is 7.12. The van der Waals surface area contributed by atoms with Gasteiger partial charge in [0, 0.05) is 23.3 Å². The first-order valence-electron chi connectivity index (χ1n) is 6.74. The molecule has 0 amide bonds. The van der Waals surface area contributed by atoms with Gasteiger partial charge in [0.1, 0.15) is 0 Å². The van der Waals surface area contributed by atoms with Crippen molar-refractivity contribution in [2.24, 2.45) is 0 Å². The second-order valence-corrected chi connectivity index (χ2v) is 5.22. The number of rotatable bonds is 4. The molecular formula is C17H15ClN2O. The van der Waals surface area contributed by atoms with Gasteiger partial charge >= 0.3 is 0 Å². The normalized spacial score (nSPS) is 12.3. The molecule has 2 aromatic carbocycles. The van der Waals surface area contributed by atoms with E-state index in [4.69, 9.17) is 11.6 Å². The van der Waals surface area contributed by atoms with Crippen LogP contribution in [0.4, 0.5) is 5.69 Å². The van der Waals surface area contributed by atoms with Crippen LogP contribution in [0.5, 0.6) is 0 Å². The first-order chi connectivity index (χ1) is 10.3. The van der Waals surface area contributed by atoms with Gasteiger partial charge in [-0.25, -0.2) is 0 Å². The van der Waals surface area contributed by atoms with E-state index in [1.807, 2.05) is 54.7 Å². The fourth-order valence-electron chi connectivity index (χ4n) is 2.41. The average Bonchev–Trinajstić information content (AvgIpc) is 2.54. The van der Waals surface area contributed by atoms with Gasteiger partial charge in [-0.3, -0.25) is 4.98 Å². The second-order valence-electron chi connectivity index (χ2n) is 4.81. The highest BCUT2D eigenvalue weighted by Crippen LogP contribution is 2.29. The second kappa shape index (κ2) is 6.12. The molecule has 0 aliphatic carbocycles. The molecule has 0 saturated carbocycles. The molecule has 106 valence electrons. The van der Waals surface area contributed by atoms with Crippen molar-refractivity contribution in [3.05, 3.63) is 71.5 Å². The van der Waals surface area contributed by atoms with Crippen molar-refractivity contribution in [2.75, 3.05) is 11.9 Å². The number of hydrogen-bond acceptors (Lipinski definition) is 3. The van der Waals surface area contributed by atoms with Crippen molar-refractivity contribution in [3.8, 4) is 0 Å². The lowest BCUT2D eigenvalue weighted by Crippen LogP contribution is -2.15. The van der Waals surface area contributed by atoms with Crippen molar-refractivity contribution >= 4 is 28.1 Å².